The van der Waals surface area contributed by atoms with Crippen LogP contribution in [0.2, 0.25) is 0 Å². The lowest BCUT2D eigenvalue weighted by atomic mass is 10.0. The summed E-state index contributed by atoms with van der Waals surface area (Å²) in [7, 11) is 0. The molecule has 2 aromatic rings. The molecule has 0 bridgehead atoms. The number of thiophene rings is 1. The van der Waals surface area contributed by atoms with Crippen LogP contribution in [0.15, 0.2) is 17.8 Å². The van der Waals surface area contributed by atoms with E-state index in [9.17, 15) is 9.59 Å². The maximum absolute atomic E-state index is 12.8. The fourth-order valence-electron chi connectivity index (χ4n) is 3.27. The van der Waals surface area contributed by atoms with Gasteiger partial charge in [-0.1, -0.05) is 0 Å². The fourth-order valence-corrected chi connectivity index (χ4v) is 4.12. The zero-order chi connectivity index (χ0) is 16.5. The van der Waals surface area contributed by atoms with Crippen LogP contribution in [0.4, 0.5) is 4.79 Å². The number of carbonyl (C=O) groups excluding carboxylic acids is 2. The van der Waals surface area contributed by atoms with Gasteiger partial charge in [-0.25, -0.2) is 4.79 Å². The van der Waals surface area contributed by atoms with Crippen LogP contribution in [0.25, 0.3) is 5.69 Å². The predicted octanol–water partition coefficient (Wildman–Crippen LogP) is 0.354. The van der Waals surface area contributed by atoms with Crippen LogP contribution in [-0.2, 0) is 0 Å². The summed E-state index contributed by atoms with van der Waals surface area (Å²) in [5.74, 6) is -0.000163. The number of amides is 3. The minimum Gasteiger partial charge on any atom is -0.338 e. The highest BCUT2D eigenvalue weighted by molar-refractivity contribution is 7.12. The highest BCUT2D eigenvalue weighted by Crippen LogP contribution is 2.25. The van der Waals surface area contributed by atoms with E-state index < -0.39 is 0 Å². The molecule has 2 aliphatic rings. The van der Waals surface area contributed by atoms with Crippen LogP contribution in [0.3, 0.4) is 0 Å². The molecule has 4 rings (SSSR count). The number of urea groups is 1. The molecule has 24 heavy (non-hydrogen) atoms. The molecule has 2 saturated heterocycles. The Bertz CT molecular complexity index is 736. The fraction of sp³-hybridized carbons (Fsp3) is 0.500. The van der Waals surface area contributed by atoms with Gasteiger partial charge in [-0.05, 0) is 34.7 Å². The van der Waals surface area contributed by atoms with Crippen molar-refractivity contribution in [2.75, 3.05) is 26.2 Å². The number of likely N-dealkylation sites (tertiary alicyclic amines) is 1. The lowest BCUT2D eigenvalue weighted by Crippen LogP contribution is -2.47. The summed E-state index contributed by atoms with van der Waals surface area (Å²) in [6, 6.07) is 2.08. The molecule has 2 fully saturated rings. The lowest BCUT2D eigenvalue weighted by molar-refractivity contribution is 0.0671. The van der Waals surface area contributed by atoms with E-state index in [0.29, 0.717) is 30.2 Å². The van der Waals surface area contributed by atoms with Crippen LogP contribution < -0.4 is 5.32 Å². The van der Waals surface area contributed by atoms with E-state index >= 15 is 0 Å². The van der Waals surface area contributed by atoms with Crippen molar-refractivity contribution in [2.45, 2.75) is 18.9 Å². The third-order valence-electron chi connectivity index (χ3n) is 4.52. The second kappa shape index (κ2) is 6.19. The van der Waals surface area contributed by atoms with Gasteiger partial charge in [-0.15, -0.1) is 16.4 Å². The molecule has 2 aromatic heterocycles. The van der Waals surface area contributed by atoms with E-state index in [1.807, 2.05) is 21.2 Å². The first-order chi connectivity index (χ1) is 11.7. The molecule has 9 nitrogen and oxygen atoms in total. The number of tetrazole rings is 1. The first kappa shape index (κ1) is 15.1. The standard InChI is InChI=1S/C14H17N7O2S/c22-13(12-11(3-8-24-12)21-9-16-17-18-21)19-5-1-10(2-6-19)20-7-4-15-14(20)23/h3,8-10H,1-2,4-7H2,(H,15,23). The van der Waals surface area contributed by atoms with E-state index in [-0.39, 0.29) is 18.0 Å². The number of piperidine rings is 1. The Labute approximate surface area is 142 Å². The van der Waals surface area contributed by atoms with Gasteiger partial charge >= 0.3 is 6.03 Å². The molecule has 126 valence electrons. The van der Waals surface area contributed by atoms with Crippen LogP contribution in [-0.4, -0.2) is 74.2 Å². The quantitative estimate of drug-likeness (QED) is 0.864. The summed E-state index contributed by atoms with van der Waals surface area (Å²) in [5, 5.41) is 15.8. The number of hydrogen-bond acceptors (Lipinski definition) is 6. The third kappa shape index (κ3) is 2.62. The molecule has 4 heterocycles. The van der Waals surface area contributed by atoms with Crippen molar-refractivity contribution in [1.82, 2.24) is 35.3 Å². The first-order valence-corrected chi connectivity index (χ1v) is 8.76. The molecular formula is C14H17N7O2S. The van der Waals surface area contributed by atoms with Crippen molar-refractivity contribution < 1.29 is 9.59 Å². The summed E-state index contributed by atoms with van der Waals surface area (Å²) >= 11 is 1.39. The summed E-state index contributed by atoms with van der Waals surface area (Å²) in [6.07, 6.45) is 3.10. The van der Waals surface area contributed by atoms with Crippen molar-refractivity contribution in [2.24, 2.45) is 0 Å². The van der Waals surface area contributed by atoms with Gasteiger partial charge in [0.05, 0.1) is 5.69 Å². The number of hydrogen-bond donors (Lipinski definition) is 1. The first-order valence-electron chi connectivity index (χ1n) is 7.88. The minimum absolute atomic E-state index is 0.000163. The van der Waals surface area contributed by atoms with Crippen LogP contribution in [0.1, 0.15) is 22.5 Å². The molecule has 3 amide bonds. The predicted molar refractivity (Wildman–Crippen MR) is 86.1 cm³/mol. The molecule has 0 atom stereocenters. The number of rotatable bonds is 3. The van der Waals surface area contributed by atoms with Crippen molar-refractivity contribution >= 4 is 23.3 Å². The van der Waals surface area contributed by atoms with Gasteiger partial charge in [-0.2, -0.15) is 4.68 Å². The topological polar surface area (TPSA) is 96.2 Å². The molecule has 0 aliphatic carbocycles. The molecule has 0 unspecified atom stereocenters. The van der Waals surface area contributed by atoms with Gasteiger partial charge in [-0.3, -0.25) is 4.79 Å². The second-order valence-corrected chi connectivity index (χ2v) is 6.75. The largest absolute Gasteiger partial charge is 0.338 e. The number of nitrogens with one attached hydrogen (secondary N) is 1. The zero-order valence-electron chi connectivity index (χ0n) is 13.0. The van der Waals surface area contributed by atoms with E-state index in [0.717, 1.165) is 19.4 Å². The maximum atomic E-state index is 12.8. The molecule has 2 aliphatic heterocycles. The van der Waals surface area contributed by atoms with Crippen molar-refractivity contribution in [3.63, 3.8) is 0 Å². The van der Waals surface area contributed by atoms with Gasteiger partial charge in [0.15, 0.2) is 0 Å². The highest BCUT2D eigenvalue weighted by Gasteiger charge is 2.33. The van der Waals surface area contributed by atoms with E-state index in [4.69, 9.17) is 0 Å². The molecule has 0 saturated carbocycles. The molecular weight excluding hydrogens is 330 g/mol. The van der Waals surface area contributed by atoms with Gasteiger partial charge in [0.25, 0.3) is 5.91 Å². The summed E-state index contributed by atoms with van der Waals surface area (Å²) in [4.78, 5) is 29.0. The SMILES string of the molecule is O=C(c1sccc1-n1cnnn1)N1CCC(N2CCNC2=O)CC1. The maximum Gasteiger partial charge on any atom is 0.317 e. The summed E-state index contributed by atoms with van der Waals surface area (Å²) in [5.41, 5.74) is 0.705. The number of carbonyl (C=O) groups is 2. The van der Waals surface area contributed by atoms with Crippen molar-refractivity contribution in [1.29, 1.82) is 0 Å². The van der Waals surface area contributed by atoms with Crippen LogP contribution in [0, 0.1) is 0 Å². The van der Waals surface area contributed by atoms with Gasteiger partial charge < -0.3 is 15.1 Å². The minimum atomic E-state index is -0.000163. The van der Waals surface area contributed by atoms with Gasteiger partial charge in [0.1, 0.15) is 11.2 Å². The average molecular weight is 347 g/mol. The van der Waals surface area contributed by atoms with Crippen LogP contribution >= 0.6 is 11.3 Å². The van der Waals surface area contributed by atoms with E-state index in [2.05, 4.69) is 20.8 Å². The smallest absolute Gasteiger partial charge is 0.317 e. The third-order valence-corrected chi connectivity index (χ3v) is 5.41. The summed E-state index contributed by atoms with van der Waals surface area (Å²) in [6.45, 7) is 2.77. The summed E-state index contributed by atoms with van der Waals surface area (Å²) < 4.78 is 1.51. The Kier molecular flexibility index (Phi) is 3.89. The molecule has 0 aromatic carbocycles. The lowest BCUT2D eigenvalue weighted by Gasteiger charge is -2.36. The van der Waals surface area contributed by atoms with E-state index in [1.54, 1.807) is 0 Å². The van der Waals surface area contributed by atoms with Crippen LogP contribution in [0.5, 0.6) is 0 Å². The molecule has 0 radical (unpaired) electrons. The molecule has 0 spiro atoms. The van der Waals surface area contributed by atoms with Crippen molar-refractivity contribution in [3.05, 3.63) is 22.7 Å². The normalized spacial score (nSPS) is 18.9. The van der Waals surface area contributed by atoms with Crippen molar-refractivity contribution in [3.8, 4) is 5.69 Å². The monoisotopic (exact) mass is 347 g/mol. The highest BCUT2D eigenvalue weighted by atomic mass is 32.1. The number of nitrogens with zero attached hydrogens (tertiary/aromatic N) is 6. The Hall–Kier alpha value is -2.49. The average Bonchev–Trinajstić information content (AvgIpc) is 3.35. The second-order valence-electron chi connectivity index (χ2n) is 5.84. The molecule has 1 N–H and O–H groups in total. The van der Waals surface area contributed by atoms with E-state index in [1.165, 1.54) is 22.3 Å². The van der Waals surface area contributed by atoms with Gasteiger partial charge in [0.2, 0.25) is 0 Å². The zero-order valence-corrected chi connectivity index (χ0v) is 13.8. The Balaban J connectivity index is 1.44. The Morgan fingerprint density at radius 1 is 1.29 bits per heavy atom. The Morgan fingerprint density at radius 2 is 2.12 bits per heavy atom. The molecule has 10 heteroatoms. The Morgan fingerprint density at radius 3 is 2.79 bits per heavy atom. The number of aromatic nitrogens is 4. The van der Waals surface area contributed by atoms with Gasteiger partial charge in [0, 0.05) is 32.2 Å².